The summed E-state index contributed by atoms with van der Waals surface area (Å²) in [6, 6.07) is 16.3. The molecule has 2 rings (SSSR count). The molecule has 0 spiro atoms. The molecule has 2 aromatic carbocycles. The van der Waals surface area contributed by atoms with Gasteiger partial charge in [0.2, 0.25) is 0 Å². The van der Waals surface area contributed by atoms with E-state index in [4.69, 9.17) is 9.47 Å². The van der Waals surface area contributed by atoms with Crippen LogP contribution in [0, 0.1) is 0 Å². The lowest BCUT2D eigenvalue weighted by Crippen LogP contribution is -2.07. The van der Waals surface area contributed by atoms with Gasteiger partial charge >= 0.3 is 0 Å². The molecule has 0 N–H and O–H groups in total. The number of methoxy groups -OCH3 is 1. The normalized spacial score (nSPS) is 10.8. The lowest BCUT2D eigenvalue weighted by molar-refractivity contribution is 0.0510. The molecule has 0 aliphatic heterocycles. The molecular weight excluding hydrogens is 262 g/mol. The number of para-hydroxylation sites is 1. The van der Waals surface area contributed by atoms with E-state index in [2.05, 4.69) is 41.3 Å². The highest BCUT2D eigenvalue weighted by Gasteiger charge is 1.99. The maximum Gasteiger partial charge on any atom is 0.188 e. The summed E-state index contributed by atoms with van der Waals surface area (Å²) in [5.74, 6) is 0.820. The lowest BCUT2D eigenvalue weighted by Gasteiger charge is -2.11. The molecule has 0 aromatic heterocycles. The topological polar surface area (TPSA) is 21.7 Å². The molecule has 0 saturated carbocycles. The first-order valence-electron chi connectivity index (χ1n) is 6.87. The molecule has 0 aliphatic carbocycles. The van der Waals surface area contributed by atoms with Gasteiger partial charge < -0.3 is 14.4 Å². The van der Waals surface area contributed by atoms with Crippen LogP contribution < -0.4 is 9.64 Å². The van der Waals surface area contributed by atoms with Crippen LogP contribution in [0.4, 0.5) is 5.69 Å². The number of ether oxygens (including phenoxy) is 2. The van der Waals surface area contributed by atoms with E-state index in [1.807, 2.05) is 38.4 Å². The summed E-state index contributed by atoms with van der Waals surface area (Å²) in [5.41, 5.74) is 3.38. The Hall–Kier alpha value is -2.26. The zero-order valence-corrected chi connectivity index (χ0v) is 12.7. The van der Waals surface area contributed by atoms with Gasteiger partial charge in [0, 0.05) is 32.5 Å². The van der Waals surface area contributed by atoms with Crippen molar-refractivity contribution in [3.05, 3.63) is 59.7 Å². The monoisotopic (exact) mass is 283 g/mol. The molecule has 3 heteroatoms. The first kappa shape index (κ1) is 15.1. The molecule has 0 radical (unpaired) electrons. The van der Waals surface area contributed by atoms with Crippen LogP contribution in [0.5, 0.6) is 5.75 Å². The second-order valence-corrected chi connectivity index (χ2v) is 4.91. The molecule has 0 unspecified atom stereocenters. The van der Waals surface area contributed by atoms with E-state index in [1.165, 1.54) is 5.69 Å². The van der Waals surface area contributed by atoms with Crippen LogP contribution in [0.3, 0.4) is 0 Å². The predicted molar refractivity (Wildman–Crippen MR) is 88.6 cm³/mol. The Labute approximate surface area is 126 Å². The Kier molecular flexibility index (Phi) is 5.41. The molecule has 0 aliphatic rings. The van der Waals surface area contributed by atoms with Crippen molar-refractivity contribution in [3.63, 3.8) is 0 Å². The maximum absolute atomic E-state index is 5.55. The van der Waals surface area contributed by atoms with Crippen molar-refractivity contribution in [1.82, 2.24) is 0 Å². The minimum atomic E-state index is 0.252. The molecule has 0 heterocycles. The van der Waals surface area contributed by atoms with Crippen LogP contribution in [0.1, 0.15) is 11.1 Å². The summed E-state index contributed by atoms with van der Waals surface area (Å²) in [7, 11) is 5.69. The van der Waals surface area contributed by atoms with Crippen molar-refractivity contribution in [3.8, 4) is 5.75 Å². The van der Waals surface area contributed by atoms with Crippen LogP contribution in [-0.2, 0) is 4.74 Å². The summed E-state index contributed by atoms with van der Waals surface area (Å²) < 4.78 is 10.5. The maximum atomic E-state index is 5.55. The van der Waals surface area contributed by atoms with Crippen LogP contribution in [0.15, 0.2) is 48.5 Å². The number of nitrogens with zero attached hydrogens (tertiary/aromatic N) is 1. The van der Waals surface area contributed by atoms with Gasteiger partial charge in [-0.05, 0) is 23.8 Å². The van der Waals surface area contributed by atoms with Crippen LogP contribution >= 0.6 is 0 Å². The Morgan fingerprint density at radius 2 is 1.67 bits per heavy atom. The fourth-order valence-corrected chi connectivity index (χ4v) is 1.94. The van der Waals surface area contributed by atoms with E-state index >= 15 is 0 Å². The number of benzene rings is 2. The molecule has 0 atom stereocenters. The largest absolute Gasteiger partial charge is 0.467 e. The molecule has 110 valence electrons. The van der Waals surface area contributed by atoms with Gasteiger partial charge in [-0.2, -0.15) is 0 Å². The second kappa shape index (κ2) is 7.50. The van der Waals surface area contributed by atoms with E-state index in [0.29, 0.717) is 0 Å². The van der Waals surface area contributed by atoms with Gasteiger partial charge in [0.15, 0.2) is 6.79 Å². The average molecular weight is 283 g/mol. The molecule has 21 heavy (non-hydrogen) atoms. The van der Waals surface area contributed by atoms with Crippen LogP contribution in [0.25, 0.3) is 12.2 Å². The van der Waals surface area contributed by atoms with Crippen molar-refractivity contribution in [2.24, 2.45) is 0 Å². The van der Waals surface area contributed by atoms with Gasteiger partial charge in [-0.25, -0.2) is 0 Å². The van der Waals surface area contributed by atoms with Gasteiger partial charge in [-0.15, -0.1) is 0 Å². The number of hydrogen-bond acceptors (Lipinski definition) is 3. The predicted octanol–water partition coefficient (Wildman–Crippen LogP) is 3.91. The zero-order valence-electron chi connectivity index (χ0n) is 12.7. The summed E-state index contributed by atoms with van der Waals surface area (Å²) in [6.07, 6.45) is 4.13. The Morgan fingerprint density at radius 1 is 0.952 bits per heavy atom. The first-order chi connectivity index (χ1) is 10.2. The minimum Gasteiger partial charge on any atom is -0.467 e. The summed E-state index contributed by atoms with van der Waals surface area (Å²) in [6.45, 7) is 0.252. The van der Waals surface area contributed by atoms with Crippen LogP contribution in [-0.4, -0.2) is 28.0 Å². The van der Waals surface area contributed by atoms with Gasteiger partial charge in [0.1, 0.15) is 5.75 Å². The molecule has 0 bridgehead atoms. The molecule has 0 fully saturated rings. The van der Waals surface area contributed by atoms with E-state index < -0.39 is 0 Å². The number of rotatable bonds is 6. The van der Waals surface area contributed by atoms with Crippen molar-refractivity contribution in [2.45, 2.75) is 0 Å². The van der Waals surface area contributed by atoms with E-state index in [1.54, 1.807) is 7.11 Å². The van der Waals surface area contributed by atoms with E-state index in [0.717, 1.165) is 16.9 Å². The average Bonchev–Trinajstić information content (AvgIpc) is 2.52. The fraction of sp³-hybridized carbons (Fsp3) is 0.222. The summed E-state index contributed by atoms with van der Waals surface area (Å²) in [4.78, 5) is 2.08. The van der Waals surface area contributed by atoms with Gasteiger partial charge in [0.25, 0.3) is 0 Å². The zero-order chi connectivity index (χ0) is 15.1. The standard InChI is InChI=1S/C18H21NO2/c1-19(2)17-12-9-15(10-13-17)8-11-16-6-4-5-7-18(16)21-14-20-3/h4-13H,14H2,1-3H3/b11-8-. The quantitative estimate of drug-likeness (QED) is 0.592. The van der Waals surface area contributed by atoms with Crippen molar-refractivity contribution in [2.75, 3.05) is 32.9 Å². The van der Waals surface area contributed by atoms with Gasteiger partial charge in [-0.3, -0.25) is 0 Å². The van der Waals surface area contributed by atoms with Gasteiger partial charge in [0.05, 0.1) is 0 Å². The van der Waals surface area contributed by atoms with E-state index in [9.17, 15) is 0 Å². The van der Waals surface area contributed by atoms with Gasteiger partial charge in [-0.1, -0.05) is 42.5 Å². The van der Waals surface area contributed by atoms with Crippen molar-refractivity contribution in [1.29, 1.82) is 0 Å². The lowest BCUT2D eigenvalue weighted by atomic mass is 10.1. The molecule has 0 saturated heterocycles. The Balaban J connectivity index is 2.13. The SMILES string of the molecule is COCOc1ccccc1/C=C\c1ccc(N(C)C)cc1. The third-order valence-electron chi connectivity index (χ3n) is 3.12. The molecule has 0 amide bonds. The summed E-state index contributed by atoms with van der Waals surface area (Å²) in [5, 5.41) is 0. The first-order valence-corrected chi connectivity index (χ1v) is 6.87. The molecular formula is C18H21NO2. The van der Waals surface area contributed by atoms with E-state index in [-0.39, 0.29) is 6.79 Å². The molecule has 3 nitrogen and oxygen atoms in total. The highest BCUT2D eigenvalue weighted by Crippen LogP contribution is 2.21. The Morgan fingerprint density at radius 3 is 2.33 bits per heavy atom. The third kappa shape index (κ3) is 4.36. The number of anilines is 1. The highest BCUT2D eigenvalue weighted by molar-refractivity contribution is 5.73. The number of hydrogen-bond donors (Lipinski definition) is 0. The fourth-order valence-electron chi connectivity index (χ4n) is 1.94. The van der Waals surface area contributed by atoms with Crippen molar-refractivity contribution < 1.29 is 9.47 Å². The summed E-state index contributed by atoms with van der Waals surface area (Å²) >= 11 is 0. The van der Waals surface area contributed by atoms with Crippen molar-refractivity contribution >= 4 is 17.8 Å². The second-order valence-electron chi connectivity index (χ2n) is 4.91. The Bertz CT molecular complexity index is 588. The van der Waals surface area contributed by atoms with Crippen LogP contribution in [0.2, 0.25) is 0 Å². The highest BCUT2D eigenvalue weighted by atomic mass is 16.7. The molecule has 2 aromatic rings. The minimum absolute atomic E-state index is 0.252. The smallest absolute Gasteiger partial charge is 0.188 e. The third-order valence-corrected chi connectivity index (χ3v) is 3.12.